The fraction of sp³-hybridized carbons (Fsp3) is 0.545. The number of aliphatic hydroxyl groups is 1. The number of carbonyl (C=O) groups is 2. The number of aliphatic hydroxyl groups excluding tert-OH is 1. The number of ether oxygens (including phenoxy) is 2. The maximum Gasteiger partial charge on any atom is 0.338 e. The highest BCUT2D eigenvalue weighted by Gasteiger charge is 2.61. The Morgan fingerprint density at radius 3 is 2.63 bits per heavy atom. The maximum absolute atomic E-state index is 12.9. The van der Waals surface area contributed by atoms with Gasteiger partial charge in [-0.25, -0.2) is 14.8 Å². The lowest BCUT2D eigenvalue weighted by Gasteiger charge is -2.57. The second kappa shape index (κ2) is 7.46. The summed E-state index contributed by atoms with van der Waals surface area (Å²) in [5.41, 5.74) is 0.0614. The first-order chi connectivity index (χ1) is 14.2. The second-order valence-corrected chi connectivity index (χ2v) is 9.17. The molecule has 1 saturated carbocycles. The van der Waals surface area contributed by atoms with Crippen molar-refractivity contribution >= 4 is 17.6 Å². The standard InChI is InChI=1S/C22H27NO7/c1-21(12-24)8-3-9-22(2)16-11-29-20(26)15(16)10-17(18(21)22)30-19(25)13-4-6-14(7-5-13)23(27)28/h4-7,10,16-18,23-24,27H,3,8-9,11-12H2,1-2H3. The minimum Gasteiger partial charge on any atom is -0.595 e. The molecule has 1 saturated heterocycles. The summed E-state index contributed by atoms with van der Waals surface area (Å²) in [6.07, 6.45) is 3.59. The van der Waals surface area contributed by atoms with Gasteiger partial charge in [-0.1, -0.05) is 20.3 Å². The maximum atomic E-state index is 12.9. The molecular formula is C22H27NO7. The van der Waals surface area contributed by atoms with E-state index < -0.39 is 22.7 Å². The lowest BCUT2D eigenvalue weighted by molar-refractivity contribution is -0.991. The highest BCUT2D eigenvalue weighted by atomic mass is 16.8. The van der Waals surface area contributed by atoms with Crippen molar-refractivity contribution in [1.29, 1.82) is 0 Å². The summed E-state index contributed by atoms with van der Waals surface area (Å²) in [6, 6.07) is 5.54. The van der Waals surface area contributed by atoms with Crippen LogP contribution >= 0.6 is 0 Å². The molecular weight excluding hydrogens is 390 g/mol. The molecule has 0 bridgehead atoms. The van der Waals surface area contributed by atoms with Gasteiger partial charge in [0.25, 0.3) is 0 Å². The molecule has 6 unspecified atom stereocenters. The lowest BCUT2D eigenvalue weighted by Crippen LogP contribution is -2.99. The van der Waals surface area contributed by atoms with E-state index in [9.17, 15) is 19.9 Å². The van der Waals surface area contributed by atoms with Crippen LogP contribution < -0.4 is 5.23 Å². The fourth-order valence-corrected chi connectivity index (χ4v) is 5.84. The molecule has 8 nitrogen and oxygen atoms in total. The van der Waals surface area contributed by atoms with E-state index in [0.29, 0.717) is 12.2 Å². The SMILES string of the molecule is CC1(CO)CCCC2(C)C3COC(=O)C3=CC(OC(=O)c3ccc([NH+]([O-])O)cc3)C12. The fourth-order valence-electron chi connectivity index (χ4n) is 5.84. The first kappa shape index (κ1) is 21.0. The van der Waals surface area contributed by atoms with Gasteiger partial charge in [-0.15, -0.1) is 0 Å². The summed E-state index contributed by atoms with van der Waals surface area (Å²) < 4.78 is 11.2. The van der Waals surface area contributed by atoms with Gasteiger partial charge in [-0.3, -0.25) is 0 Å². The topological polar surface area (TPSA) is 121 Å². The van der Waals surface area contributed by atoms with Crippen molar-refractivity contribution in [2.24, 2.45) is 22.7 Å². The number of fused-ring (bicyclic) bond motifs is 3. The summed E-state index contributed by atoms with van der Waals surface area (Å²) in [7, 11) is 0. The van der Waals surface area contributed by atoms with Gasteiger partial charge in [-0.2, -0.15) is 5.23 Å². The largest absolute Gasteiger partial charge is 0.595 e. The molecule has 8 heteroatoms. The van der Waals surface area contributed by atoms with E-state index in [1.54, 1.807) is 6.08 Å². The van der Waals surface area contributed by atoms with Crippen LogP contribution in [0.1, 0.15) is 43.5 Å². The van der Waals surface area contributed by atoms with Gasteiger partial charge >= 0.3 is 11.9 Å². The van der Waals surface area contributed by atoms with Gasteiger partial charge in [0, 0.05) is 36.1 Å². The predicted octanol–water partition coefficient (Wildman–Crippen LogP) is 1.53. The van der Waals surface area contributed by atoms with Gasteiger partial charge in [0.15, 0.2) is 5.69 Å². The monoisotopic (exact) mass is 417 g/mol. The second-order valence-electron chi connectivity index (χ2n) is 9.17. The van der Waals surface area contributed by atoms with Crippen LogP contribution in [0.2, 0.25) is 0 Å². The van der Waals surface area contributed by atoms with Crippen LogP contribution in [0.5, 0.6) is 0 Å². The number of cyclic esters (lactones) is 1. The molecule has 3 aliphatic rings. The third-order valence-electron chi connectivity index (χ3n) is 7.36. The Hall–Kier alpha value is -2.26. The van der Waals surface area contributed by atoms with Gasteiger partial charge in [0.1, 0.15) is 6.10 Å². The number of benzene rings is 1. The number of carbonyl (C=O) groups excluding carboxylic acids is 2. The van der Waals surface area contributed by atoms with Gasteiger partial charge < -0.3 is 19.8 Å². The van der Waals surface area contributed by atoms with E-state index in [2.05, 4.69) is 6.92 Å². The van der Waals surface area contributed by atoms with E-state index in [1.165, 1.54) is 24.3 Å². The summed E-state index contributed by atoms with van der Waals surface area (Å²) in [4.78, 5) is 25.2. The van der Waals surface area contributed by atoms with Gasteiger partial charge in [0.05, 0.1) is 12.2 Å². The molecule has 0 aromatic heterocycles. The van der Waals surface area contributed by atoms with Crippen molar-refractivity contribution in [1.82, 2.24) is 0 Å². The molecule has 1 aromatic carbocycles. The number of hydrogen-bond acceptors (Lipinski definition) is 7. The highest BCUT2D eigenvalue weighted by molar-refractivity contribution is 5.92. The molecule has 0 amide bonds. The van der Waals surface area contributed by atoms with Crippen molar-refractivity contribution in [3.63, 3.8) is 0 Å². The van der Waals surface area contributed by atoms with Crippen LogP contribution in [-0.2, 0) is 14.3 Å². The number of nitrogens with one attached hydrogen (secondary N) is 1. The van der Waals surface area contributed by atoms with Crippen molar-refractivity contribution in [2.75, 3.05) is 13.2 Å². The minimum absolute atomic E-state index is 0.0423. The Bertz CT molecular complexity index is 880. The highest BCUT2D eigenvalue weighted by Crippen LogP contribution is 2.61. The third kappa shape index (κ3) is 3.24. The molecule has 2 fully saturated rings. The summed E-state index contributed by atoms with van der Waals surface area (Å²) in [6.45, 7) is 4.39. The van der Waals surface area contributed by atoms with Crippen molar-refractivity contribution < 1.29 is 34.6 Å². The molecule has 2 aliphatic carbocycles. The Morgan fingerprint density at radius 2 is 2.00 bits per heavy atom. The first-order valence-corrected chi connectivity index (χ1v) is 10.2. The number of quaternary nitrogens is 1. The van der Waals surface area contributed by atoms with Gasteiger partial charge in [0.2, 0.25) is 0 Å². The summed E-state index contributed by atoms with van der Waals surface area (Å²) >= 11 is 0. The van der Waals surface area contributed by atoms with Crippen LogP contribution in [0.3, 0.4) is 0 Å². The van der Waals surface area contributed by atoms with E-state index in [0.717, 1.165) is 19.3 Å². The molecule has 0 spiro atoms. The molecule has 1 heterocycles. The molecule has 4 rings (SSSR count). The molecule has 0 radical (unpaired) electrons. The number of esters is 2. The van der Waals surface area contributed by atoms with E-state index in [4.69, 9.17) is 14.7 Å². The van der Waals surface area contributed by atoms with Crippen LogP contribution in [0, 0.1) is 27.9 Å². The zero-order valence-electron chi connectivity index (χ0n) is 17.1. The van der Waals surface area contributed by atoms with Gasteiger partial charge in [-0.05, 0) is 41.9 Å². The first-order valence-electron chi connectivity index (χ1n) is 10.2. The Labute approximate surface area is 174 Å². The normalized spacial score (nSPS) is 36.2. The van der Waals surface area contributed by atoms with Crippen molar-refractivity contribution in [2.45, 2.75) is 39.2 Å². The smallest absolute Gasteiger partial charge is 0.338 e. The summed E-state index contributed by atoms with van der Waals surface area (Å²) in [5, 5.41) is 29.2. The predicted molar refractivity (Wildman–Crippen MR) is 105 cm³/mol. The zero-order valence-corrected chi connectivity index (χ0v) is 17.1. The Kier molecular flexibility index (Phi) is 5.22. The van der Waals surface area contributed by atoms with Crippen LogP contribution in [0.15, 0.2) is 35.9 Å². The molecule has 162 valence electrons. The van der Waals surface area contributed by atoms with Crippen LogP contribution in [0.4, 0.5) is 5.69 Å². The third-order valence-corrected chi connectivity index (χ3v) is 7.36. The average Bonchev–Trinajstić information content (AvgIpc) is 3.09. The van der Waals surface area contributed by atoms with Crippen molar-refractivity contribution in [3.05, 3.63) is 46.7 Å². The summed E-state index contributed by atoms with van der Waals surface area (Å²) in [5.74, 6) is -1.21. The van der Waals surface area contributed by atoms with E-state index in [1.807, 2.05) is 6.92 Å². The molecule has 1 aliphatic heterocycles. The molecule has 6 atom stereocenters. The number of rotatable bonds is 4. The quantitative estimate of drug-likeness (QED) is 0.502. The zero-order chi connectivity index (χ0) is 21.7. The van der Waals surface area contributed by atoms with Crippen LogP contribution in [0.25, 0.3) is 0 Å². The lowest BCUT2D eigenvalue weighted by atomic mass is 9.48. The molecule has 1 aromatic rings. The molecule has 30 heavy (non-hydrogen) atoms. The van der Waals surface area contributed by atoms with E-state index in [-0.39, 0.29) is 41.1 Å². The number of hydrogen-bond donors (Lipinski definition) is 3. The molecule has 3 N–H and O–H groups in total. The minimum atomic E-state index is -1.07. The average molecular weight is 417 g/mol. The van der Waals surface area contributed by atoms with Crippen LogP contribution in [-0.4, -0.2) is 41.6 Å². The Morgan fingerprint density at radius 1 is 1.30 bits per heavy atom. The van der Waals surface area contributed by atoms with Crippen molar-refractivity contribution in [3.8, 4) is 0 Å². The van der Waals surface area contributed by atoms with E-state index >= 15 is 0 Å². The Balaban J connectivity index is 1.69.